The van der Waals surface area contributed by atoms with Gasteiger partial charge in [0.15, 0.2) is 11.5 Å². The summed E-state index contributed by atoms with van der Waals surface area (Å²) in [6.45, 7) is 6.60. The van der Waals surface area contributed by atoms with Gasteiger partial charge in [-0.25, -0.2) is 0 Å². The zero-order chi connectivity index (χ0) is 19.6. The molecule has 7 nitrogen and oxygen atoms in total. The molecule has 3 rings (SSSR count). The molecule has 0 aliphatic heterocycles. The van der Waals surface area contributed by atoms with Crippen LogP contribution in [0.25, 0.3) is 4.96 Å². The highest BCUT2D eigenvalue weighted by Crippen LogP contribution is 2.28. The van der Waals surface area contributed by atoms with E-state index in [9.17, 15) is 4.79 Å². The summed E-state index contributed by atoms with van der Waals surface area (Å²) < 4.78 is 12.5. The van der Waals surface area contributed by atoms with Gasteiger partial charge in [-0.2, -0.15) is 0 Å². The Labute approximate surface area is 162 Å². The van der Waals surface area contributed by atoms with Crippen LogP contribution in [0.15, 0.2) is 18.2 Å². The van der Waals surface area contributed by atoms with E-state index in [2.05, 4.69) is 29.4 Å². The minimum absolute atomic E-state index is 0.0850. The summed E-state index contributed by atoms with van der Waals surface area (Å²) in [7, 11) is 3.22. The van der Waals surface area contributed by atoms with Crippen molar-refractivity contribution < 1.29 is 14.3 Å². The molecule has 3 aromatic rings. The number of aromatic nitrogens is 3. The fourth-order valence-electron chi connectivity index (χ4n) is 2.95. The number of benzene rings is 1. The number of hydrogen-bond donors (Lipinski definition) is 1. The highest BCUT2D eigenvalue weighted by molar-refractivity contribution is 7.19. The van der Waals surface area contributed by atoms with Gasteiger partial charge in [0.1, 0.15) is 10.7 Å². The molecule has 0 unspecified atom stereocenters. The second kappa shape index (κ2) is 7.96. The first-order chi connectivity index (χ1) is 13.0. The van der Waals surface area contributed by atoms with Crippen molar-refractivity contribution in [3.05, 3.63) is 40.2 Å². The summed E-state index contributed by atoms with van der Waals surface area (Å²) in [6, 6.07) is 5.77. The number of nitrogens with one attached hydrogen (secondary N) is 1. The van der Waals surface area contributed by atoms with E-state index in [0.29, 0.717) is 29.3 Å². The second-order valence-electron chi connectivity index (χ2n) is 6.54. The second-order valence-corrected chi connectivity index (χ2v) is 7.52. The minimum atomic E-state index is -0.0850. The van der Waals surface area contributed by atoms with E-state index in [4.69, 9.17) is 9.47 Å². The van der Waals surface area contributed by atoms with Crippen LogP contribution in [0.2, 0.25) is 0 Å². The van der Waals surface area contributed by atoms with Crippen molar-refractivity contribution in [2.24, 2.45) is 0 Å². The molecule has 0 radical (unpaired) electrons. The van der Waals surface area contributed by atoms with E-state index in [0.717, 1.165) is 22.0 Å². The van der Waals surface area contributed by atoms with E-state index >= 15 is 0 Å². The van der Waals surface area contributed by atoms with Gasteiger partial charge in [0.05, 0.1) is 14.2 Å². The third-order valence-electron chi connectivity index (χ3n) is 4.39. The molecule has 0 bridgehead atoms. The largest absolute Gasteiger partial charge is 0.493 e. The number of carbonyl (C=O) groups is 1. The monoisotopic (exact) mass is 388 g/mol. The smallest absolute Gasteiger partial charge is 0.263 e. The van der Waals surface area contributed by atoms with Crippen LogP contribution in [0.4, 0.5) is 0 Å². The standard InChI is InChI=1S/C19H24N4O3S/c1-11(2)17-21-22-19-23(17)12(3)16(27-19)18(24)20-9-8-13-6-7-14(25-4)15(10-13)26-5/h6-7,10-11H,8-9H2,1-5H3,(H,20,24). The van der Waals surface area contributed by atoms with E-state index < -0.39 is 0 Å². The quantitative estimate of drug-likeness (QED) is 0.672. The third kappa shape index (κ3) is 3.75. The van der Waals surface area contributed by atoms with Crippen LogP contribution in [0.1, 0.15) is 46.5 Å². The summed E-state index contributed by atoms with van der Waals surface area (Å²) in [5.41, 5.74) is 1.95. The van der Waals surface area contributed by atoms with Crippen molar-refractivity contribution in [2.45, 2.75) is 33.1 Å². The maximum absolute atomic E-state index is 12.6. The fraction of sp³-hybridized carbons (Fsp3) is 0.421. The molecule has 8 heteroatoms. The summed E-state index contributed by atoms with van der Waals surface area (Å²) >= 11 is 1.37. The molecule has 0 atom stereocenters. The number of fused-ring (bicyclic) bond motifs is 1. The molecule has 0 fully saturated rings. The van der Waals surface area contributed by atoms with Crippen LogP contribution in [0.5, 0.6) is 11.5 Å². The number of methoxy groups -OCH3 is 2. The lowest BCUT2D eigenvalue weighted by Crippen LogP contribution is -2.25. The maximum atomic E-state index is 12.6. The van der Waals surface area contributed by atoms with Gasteiger partial charge < -0.3 is 14.8 Å². The zero-order valence-electron chi connectivity index (χ0n) is 16.2. The van der Waals surface area contributed by atoms with Gasteiger partial charge in [-0.3, -0.25) is 9.20 Å². The first-order valence-corrected chi connectivity index (χ1v) is 9.61. The molecule has 1 N–H and O–H groups in total. The number of ether oxygens (including phenoxy) is 2. The topological polar surface area (TPSA) is 77.8 Å². The molecule has 0 spiro atoms. The SMILES string of the molecule is COc1ccc(CCNC(=O)c2sc3nnc(C(C)C)n3c2C)cc1OC. The lowest BCUT2D eigenvalue weighted by atomic mass is 10.1. The molecule has 0 aliphatic rings. The molecule has 1 aromatic carbocycles. The zero-order valence-corrected chi connectivity index (χ0v) is 17.0. The van der Waals surface area contributed by atoms with Gasteiger partial charge in [-0.15, -0.1) is 10.2 Å². The van der Waals surface area contributed by atoms with E-state index in [1.807, 2.05) is 29.5 Å². The normalized spacial score (nSPS) is 11.2. The van der Waals surface area contributed by atoms with Gasteiger partial charge in [0, 0.05) is 18.2 Å². The summed E-state index contributed by atoms with van der Waals surface area (Å²) in [6.07, 6.45) is 0.701. The average Bonchev–Trinajstić information content (AvgIpc) is 3.22. The highest BCUT2D eigenvalue weighted by Gasteiger charge is 2.20. The summed E-state index contributed by atoms with van der Waals surface area (Å²) in [4.78, 5) is 14.0. The van der Waals surface area contributed by atoms with Crippen molar-refractivity contribution in [2.75, 3.05) is 20.8 Å². The van der Waals surface area contributed by atoms with Gasteiger partial charge in [-0.1, -0.05) is 31.3 Å². The van der Waals surface area contributed by atoms with Crippen LogP contribution in [-0.4, -0.2) is 41.3 Å². The summed E-state index contributed by atoms with van der Waals surface area (Å²) in [5.74, 6) is 2.42. The predicted molar refractivity (Wildman–Crippen MR) is 105 cm³/mol. The van der Waals surface area contributed by atoms with Gasteiger partial charge in [0.2, 0.25) is 4.96 Å². The Morgan fingerprint density at radius 1 is 1.22 bits per heavy atom. The van der Waals surface area contributed by atoms with Crippen molar-refractivity contribution in [3.8, 4) is 11.5 Å². The Balaban J connectivity index is 1.68. The minimum Gasteiger partial charge on any atom is -0.493 e. The van der Waals surface area contributed by atoms with Crippen molar-refractivity contribution >= 4 is 22.2 Å². The van der Waals surface area contributed by atoms with Gasteiger partial charge in [-0.05, 0) is 31.0 Å². The van der Waals surface area contributed by atoms with Crippen molar-refractivity contribution in [3.63, 3.8) is 0 Å². The molecular formula is C19H24N4O3S. The number of amides is 1. The first kappa shape index (κ1) is 19.2. The van der Waals surface area contributed by atoms with Crippen molar-refractivity contribution in [1.29, 1.82) is 0 Å². The molecular weight excluding hydrogens is 364 g/mol. The molecule has 1 amide bonds. The van der Waals surface area contributed by atoms with Crippen LogP contribution >= 0.6 is 11.3 Å². The van der Waals surface area contributed by atoms with E-state index in [1.54, 1.807) is 14.2 Å². The van der Waals surface area contributed by atoms with E-state index in [-0.39, 0.29) is 11.8 Å². The number of rotatable bonds is 7. The Morgan fingerprint density at radius 3 is 2.63 bits per heavy atom. The Hall–Kier alpha value is -2.61. The lowest BCUT2D eigenvalue weighted by Gasteiger charge is -2.10. The van der Waals surface area contributed by atoms with Crippen LogP contribution in [-0.2, 0) is 6.42 Å². The van der Waals surface area contributed by atoms with Crippen molar-refractivity contribution in [1.82, 2.24) is 19.9 Å². The van der Waals surface area contributed by atoms with Gasteiger partial charge in [0.25, 0.3) is 5.91 Å². The number of nitrogens with zero attached hydrogens (tertiary/aromatic N) is 3. The highest BCUT2D eigenvalue weighted by atomic mass is 32.1. The lowest BCUT2D eigenvalue weighted by molar-refractivity contribution is 0.0957. The molecule has 0 aliphatic carbocycles. The number of hydrogen-bond acceptors (Lipinski definition) is 6. The summed E-state index contributed by atoms with van der Waals surface area (Å²) in [5, 5.41) is 11.4. The number of carbonyl (C=O) groups excluding carboxylic acids is 1. The van der Waals surface area contributed by atoms with Gasteiger partial charge >= 0.3 is 0 Å². The Morgan fingerprint density at radius 2 is 1.96 bits per heavy atom. The molecule has 2 heterocycles. The molecule has 2 aromatic heterocycles. The molecule has 0 saturated heterocycles. The van der Waals surface area contributed by atoms with Crippen LogP contribution in [0.3, 0.4) is 0 Å². The predicted octanol–water partition coefficient (Wildman–Crippen LogP) is 3.21. The Bertz CT molecular complexity index is 961. The third-order valence-corrected chi connectivity index (χ3v) is 5.52. The fourth-order valence-corrected chi connectivity index (χ4v) is 3.94. The van der Waals surface area contributed by atoms with Crippen LogP contribution in [0, 0.1) is 6.92 Å². The van der Waals surface area contributed by atoms with Crippen LogP contribution < -0.4 is 14.8 Å². The maximum Gasteiger partial charge on any atom is 0.263 e. The average molecular weight is 388 g/mol. The molecule has 0 saturated carbocycles. The first-order valence-electron chi connectivity index (χ1n) is 8.79. The molecule has 27 heavy (non-hydrogen) atoms. The number of thiazole rings is 1. The molecule has 144 valence electrons. The number of aryl methyl sites for hydroxylation is 1. The Kier molecular flexibility index (Phi) is 5.65. The van der Waals surface area contributed by atoms with E-state index in [1.165, 1.54) is 11.3 Å².